The molecule has 1 unspecified atom stereocenters. The minimum absolute atomic E-state index is 0.0229. The first-order valence-electron chi connectivity index (χ1n) is 9.77. The third-order valence-electron chi connectivity index (χ3n) is 5.05. The number of piperazine rings is 1. The minimum Gasteiger partial charge on any atom is -0.494 e. The van der Waals surface area contributed by atoms with E-state index in [2.05, 4.69) is 0 Å². The van der Waals surface area contributed by atoms with E-state index in [1.807, 2.05) is 31.2 Å². The van der Waals surface area contributed by atoms with E-state index in [-0.39, 0.29) is 30.2 Å². The van der Waals surface area contributed by atoms with E-state index in [1.54, 1.807) is 21.6 Å². The van der Waals surface area contributed by atoms with Gasteiger partial charge in [0.1, 0.15) is 5.75 Å². The second-order valence-corrected chi connectivity index (χ2v) is 6.84. The average Bonchev–Trinajstić information content (AvgIpc) is 3.10. The fourth-order valence-electron chi connectivity index (χ4n) is 3.59. The van der Waals surface area contributed by atoms with Gasteiger partial charge >= 0.3 is 6.09 Å². The van der Waals surface area contributed by atoms with Crippen molar-refractivity contribution < 1.29 is 23.9 Å². The highest BCUT2D eigenvalue weighted by Crippen LogP contribution is 2.28. The van der Waals surface area contributed by atoms with E-state index < -0.39 is 0 Å². The zero-order valence-corrected chi connectivity index (χ0v) is 16.4. The van der Waals surface area contributed by atoms with Gasteiger partial charge in [0.15, 0.2) is 0 Å². The second-order valence-electron chi connectivity index (χ2n) is 6.84. The van der Waals surface area contributed by atoms with Crippen LogP contribution in [0.25, 0.3) is 0 Å². The van der Waals surface area contributed by atoms with Gasteiger partial charge in [0.05, 0.1) is 19.1 Å². The van der Waals surface area contributed by atoms with E-state index in [0.717, 1.165) is 11.4 Å². The normalized spacial score (nSPS) is 19.7. The maximum Gasteiger partial charge on any atom is 0.409 e. The molecule has 3 amide bonds. The number of rotatable bonds is 5. The molecule has 0 N–H and O–H groups in total. The van der Waals surface area contributed by atoms with Crippen LogP contribution >= 0.6 is 0 Å². The minimum atomic E-state index is -0.354. The molecule has 0 aliphatic carbocycles. The lowest BCUT2D eigenvalue weighted by Crippen LogP contribution is -2.52. The summed E-state index contributed by atoms with van der Waals surface area (Å²) in [6.07, 6.45) is -0.128. The molecule has 152 valence electrons. The molecule has 1 atom stereocenters. The van der Waals surface area contributed by atoms with Crippen LogP contribution in [-0.2, 0) is 14.3 Å². The van der Waals surface area contributed by atoms with E-state index >= 15 is 0 Å². The molecule has 2 heterocycles. The monoisotopic (exact) mass is 389 g/mol. The van der Waals surface area contributed by atoms with Gasteiger partial charge in [-0.1, -0.05) is 0 Å². The largest absolute Gasteiger partial charge is 0.494 e. The van der Waals surface area contributed by atoms with Crippen molar-refractivity contribution in [3.05, 3.63) is 24.3 Å². The van der Waals surface area contributed by atoms with Crippen LogP contribution in [0.2, 0.25) is 0 Å². The molecule has 3 rings (SSSR count). The van der Waals surface area contributed by atoms with Crippen LogP contribution in [0.3, 0.4) is 0 Å². The molecule has 2 fully saturated rings. The Morgan fingerprint density at radius 1 is 1.00 bits per heavy atom. The molecule has 0 bridgehead atoms. The van der Waals surface area contributed by atoms with Gasteiger partial charge in [-0.05, 0) is 38.1 Å². The first-order chi connectivity index (χ1) is 13.5. The lowest BCUT2D eigenvalue weighted by molar-refractivity contribution is -0.137. The highest BCUT2D eigenvalue weighted by Gasteiger charge is 2.38. The Morgan fingerprint density at radius 2 is 1.64 bits per heavy atom. The number of carbonyl (C=O) groups excluding carboxylic acids is 3. The Bertz CT molecular complexity index is 713. The maximum atomic E-state index is 12.9. The van der Waals surface area contributed by atoms with Crippen molar-refractivity contribution in [1.29, 1.82) is 0 Å². The van der Waals surface area contributed by atoms with Crippen LogP contribution < -0.4 is 9.64 Å². The lowest BCUT2D eigenvalue weighted by Gasteiger charge is -2.35. The second kappa shape index (κ2) is 8.95. The summed E-state index contributed by atoms with van der Waals surface area (Å²) in [7, 11) is 0. The van der Waals surface area contributed by atoms with Crippen molar-refractivity contribution in [2.24, 2.45) is 5.92 Å². The van der Waals surface area contributed by atoms with Gasteiger partial charge in [0, 0.05) is 44.8 Å². The zero-order chi connectivity index (χ0) is 20.1. The smallest absolute Gasteiger partial charge is 0.409 e. The van der Waals surface area contributed by atoms with Gasteiger partial charge in [-0.25, -0.2) is 4.79 Å². The quantitative estimate of drug-likeness (QED) is 0.766. The van der Waals surface area contributed by atoms with Crippen molar-refractivity contribution >= 4 is 23.6 Å². The van der Waals surface area contributed by atoms with Crippen LogP contribution in [0.4, 0.5) is 10.5 Å². The molecule has 0 aromatic heterocycles. The summed E-state index contributed by atoms with van der Waals surface area (Å²) >= 11 is 0. The fourth-order valence-corrected chi connectivity index (χ4v) is 3.59. The zero-order valence-electron chi connectivity index (χ0n) is 16.4. The summed E-state index contributed by atoms with van der Waals surface area (Å²) < 4.78 is 10.4. The topological polar surface area (TPSA) is 79.4 Å². The van der Waals surface area contributed by atoms with Gasteiger partial charge in [0.25, 0.3) is 0 Å². The van der Waals surface area contributed by atoms with Gasteiger partial charge in [-0.2, -0.15) is 0 Å². The van der Waals surface area contributed by atoms with Crippen molar-refractivity contribution in [2.45, 2.75) is 20.3 Å². The predicted molar refractivity (Wildman–Crippen MR) is 103 cm³/mol. The number of nitrogens with zero attached hydrogens (tertiary/aromatic N) is 3. The molecule has 1 aromatic rings. The van der Waals surface area contributed by atoms with Crippen LogP contribution in [0.1, 0.15) is 20.3 Å². The molecule has 8 nitrogen and oxygen atoms in total. The van der Waals surface area contributed by atoms with E-state index in [1.165, 1.54) is 0 Å². The van der Waals surface area contributed by atoms with Gasteiger partial charge in [-0.15, -0.1) is 0 Å². The van der Waals surface area contributed by atoms with Crippen molar-refractivity contribution in [1.82, 2.24) is 9.80 Å². The van der Waals surface area contributed by atoms with Crippen LogP contribution in [0.15, 0.2) is 24.3 Å². The summed E-state index contributed by atoms with van der Waals surface area (Å²) in [5, 5.41) is 0. The Hall–Kier alpha value is -2.77. The lowest BCUT2D eigenvalue weighted by atomic mass is 10.1. The van der Waals surface area contributed by atoms with Crippen LogP contribution in [-0.4, -0.2) is 73.6 Å². The van der Waals surface area contributed by atoms with E-state index in [9.17, 15) is 14.4 Å². The van der Waals surface area contributed by atoms with Crippen LogP contribution in [0, 0.1) is 5.92 Å². The molecule has 2 aliphatic heterocycles. The van der Waals surface area contributed by atoms with Gasteiger partial charge in [0.2, 0.25) is 11.8 Å². The number of hydrogen-bond acceptors (Lipinski definition) is 5. The Labute approximate surface area is 165 Å². The molecule has 0 spiro atoms. The third-order valence-corrected chi connectivity index (χ3v) is 5.05. The molecular formula is C20H27N3O5. The molecule has 28 heavy (non-hydrogen) atoms. The molecule has 0 radical (unpaired) electrons. The number of hydrogen-bond donors (Lipinski definition) is 0. The molecule has 2 saturated heterocycles. The maximum absolute atomic E-state index is 12.9. The predicted octanol–water partition coefficient (Wildman–Crippen LogP) is 1.74. The Morgan fingerprint density at radius 3 is 2.25 bits per heavy atom. The van der Waals surface area contributed by atoms with E-state index in [0.29, 0.717) is 45.9 Å². The number of amides is 3. The molecule has 1 aromatic carbocycles. The van der Waals surface area contributed by atoms with E-state index in [4.69, 9.17) is 9.47 Å². The summed E-state index contributed by atoms with van der Waals surface area (Å²) in [6, 6.07) is 7.34. The van der Waals surface area contributed by atoms with Crippen LogP contribution in [0.5, 0.6) is 5.75 Å². The summed E-state index contributed by atoms with van der Waals surface area (Å²) in [5.41, 5.74) is 0.774. The summed E-state index contributed by atoms with van der Waals surface area (Å²) in [4.78, 5) is 42.1. The van der Waals surface area contributed by atoms with Crippen molar-refractivity contribution in [3.63, 3.8) is 0 Å². The summed E-state index contributed by atoms with van der Waals surface area (Å²) in [6.45, 7) is 6.82. The number of anilines is 1. The number of ether oxygens (including phenoxy) is 2. The van der Waals surface area contributed by atoms with Gasteiger partial charge in [-0.3, -0.25) is 9.59 Å². The Kier molecular flexibility index (Phi) is 6.38. The average molecular weight is 389 g/mol. The Balaban J connectivity index is 1.56. The van der Waals surface area contributed by atoms with Crippen molar-refractivity contribution in [3.8, 4) is 5.75 Å². The number of carbonyl (C=O) groups is 3. The molecule has 2 aliphatic rings. The first-order valence-corrected chi connectivity index (χ1v) is 9.77. The SMILES string of the molecule is CCOC(=O)N1CCN(C(=O)C2CC(=O)N(c3ccc(OCC)cc3)C2)CC1. The molecule has 0 saturated carbocycles. The third kappa shape index (κ3) is 4.37. The van der Waals surface area contributed by atoms with Gasteiger partial charge < -0.3 is 24.2 Å². The molecule has 8 heteroatoms. The number of benzene rings is 1. The first kappa shape index (κ1) is 20.0. The fraction of sp³-hybridized carbons (Fsp3) is 0.550. The highest BCUT2D eigenvalue weighted by molar-refractivity contribution is 6.00. The molecular weight excluding hydrogens is 362 g/mol. The standard InChI is InChI=1S/C20H27N3O5/c1-3-27-17-7-5-16(6-8-17)23-14-15(13-18(23)24)19(25)21-9-11-22(12-10-21)20(26)28-4-2/h5-8,15H,3-4,9-14H2,1-2H3. The summed E-state index contributed by atoms with van der Waals surface area (Å²) in [5.74, 6) is 0.330. The highest BCUT2D eigenvalue weighted by atomic mass is 16.6. The van der Waals surface area contributed by atoms with Crippen molar-refractivity contribution in [2.75, 3.05) is 50.8 Å².